The maximum atomic E-state index is 5.23. The zero-order valence-corrected chi connectivity index (χ0v) is 9.20. The molecule has 0 saturated carbocycles. The molecule has 1 fully saturated rings. The van der Waals surface area contributed by atoms with E-state index < -0.39 is 0 Å². The number of rotatable bonds is 2. The maximum absolute atomic E-state index is 5.23. The van der Waals surface area contributed by atoms with Crippen molar-refractivity contribution in [3.8, 4) is 5.75 Å². The van der Waals surface area contributed by atoms with Gasteiger partial charge in [0.15, 0.2) is 0 Å². The van der Waals surface area contributed by atoms with Gasteiger partial charge in [0.05, 0.1) is 7.11 Å². The molecule has 0 unspecified atom stereocenters. The third-order valence-electron chi connectivity index (χ3n) is 2.76. The molecule has 1 saturated heterocycles. The molecule has 1 aromatic carbocycles. The minimum atomic E-state index is 0.935. The highest BCUT2D eigenvalue weighted by Crippen LogP contribution is 2.21. The first-order valence-electron chi connectivity index (χ1n) is 5.50. The number of nitrogens with zero attached hydrogens (tertiary/aromatic N) is 1. The van der Waals surface area contributed by atoms with E-state index in [-0.39, 0.29) is 0 Å². The van der Waals surface area contributed by atoms with Crippen molar-refractivity contribution < 1.29 is 4.74 Å². The summed E-state index contributed by atoms with van der Waals surface area (Å²) in [6.45, 7) is 4.39. The van der Waals surface area contributed by atoms with E-state index in [1.165, 1.54) is 12.1 Å². The fraction of sp³-hybridized carbons (Fsp3) is 0.500. The number of benzene rings is 1. The highest BCUT2D eigenvalue weighted by atomic mass is 16.5. The second-order valence-electron chi connectivity index (χ2n) is 3.79. The molecule has 15 heavy (non-hydrogen) atoms. The van der Waals surface area contributed by atoms with Crippen molar-refractivity contribution in [1.82, 2.24) is 5.32 Å². The van der Waals surface area contributed by atoms with E-state index in [0.29, 0.717) is 0 Å². The van der Waals surface area contributed by atoms with Crippen LogP contribution in [0.1, 0.15) is 6.42 Å². The van der Waals surface area contributed by atoms with Crippen molar-refractivity contribution in [2.75, 3.05) is 38.2 Å². The van der Waals surface area contributed by atoms with Crippen molar-refractivity contribution in [3.63, 3.8) is 0 Å². The van der Waals surface area contributed by atoms with E-state index in [1.807, 2.05) is 12.1 Å². The number of hydrogen-bond donors (Lipinski definition) is 1. The third kappa shape index (κ3) is 2.63. The minimum Gasteiger partial charge on any atom is -0.497 e. The highest BCUT2D eigenvalue weighted by Gasteiger charge is 2.09. The van der Waals surface area contributed by atoms with E-state index in [9.17, 15) is 0 Å². The number of anilines is 1. The first-order chi connectivity index (χ1) is 7.40. The minimum absolute atomic E-state index is 0.935. The van der Waals surface area contributed by atoms with E-state index in [2.05, 4.69) is 22.3 Å². The van der Waals surface area contributed by atoms with Gasteiger partial charge >= 0.3 is 0 Å². The van der Waals surface area contributed by atoms with Crippen molar-refractivity contribution in [3.05, 3.63) is 24.3 Å². The first-order valence-corrected chi connectivity index (χ1v) is 5.50. The smallest absolute Gasteiger partial charge is 0.120 e. The predicted molar refractivity (Wildman–Crippen MR) is 62.7 cm³/mol. The van der Waals surface area contributed by atoms with Gasteiger partial charge in [-0.1, -0.05) is 6.07 Å². The molecule has 1 heterocycles. The molecule has 1 aliphatic rings. The van der Waals surface area contributed by atoms with Crippen LogP contribution < -0.4 is 15.0 Å². The topological polar surface area (TPSA) is 24.5 Å². The molecule has 3 heteroatoms. The van der Waals surface area contributed by atoms with E-state index in [4.69, 9.17) is 4.74 Å². The van der Waals surface area contributed by atoms with Crippen molar-refractivity contribution >= 4 is 5.69 Å². The first kappa shape index (κ1) is 10.3. The lowest BCUT2D eigenvalue weighted by molar-refractivity contribution is 0.415. The van der Waals surface area contributed by atoms with Gasteiger partial charge in [0, 0.05) is 31.4 Å². The van der Waals surface area contributed by atoms with E-state index in [1.54, 1.807) is 7.11 Å². The Kier molecular flexibility index (Phi) is 3.45. The molecule has 0 aromatic heterocycles. The van der Waals surface area contributed by atoms with Crippen LogP contribution in [0.25, 0.3) is 0 Å². The van der Waals surface area contributed by atoms with Crippen LogP contribution in [0.2, 0.25) is 0 Å². The Morgan fingerprint density at radius 2 is 2.20 bits per heavy atom. The lowest BCUT2D eigenvalue weighted by Crippen LogP contribution is -2.27. The van der Waals surface area contributed by atoms with Gasteiger partial charge in [-0.25, -0.2) is 0 Å². The van der Waals surface area contributed by atoms with Gasteiger partial charge in [0.1, 0.15) is 5.75 Å². The molecular weight excluding hydrogens is 188 g/mol. The summed E-state index contributed by atoms with van der Waals surface area (Å²) in [5.41, 5.74) is 1.26. The second-order valence-corrected chi connectivity index (χ2v) is 3.79. The maximum Gasteiger partial charge on any atom is 0.120 e. The van der Waals surface area contributed by atoms with Gasteiger partial charge in [-0.3, -0.25) is 0 Å². The molecule has 1 aromatic rings. The Morgan fingerprint density at radius 3 is 3.07 bits per heavy atom. The van der Waals surface area contributed by atoms with Crippen LogP contribution in [0.15, 0.2) is 24.3 Å². The molecule has 0 aliphatic carbocycles. The normalized spacial score (nSPS) is 17.3. The number of hydrogen-bond acceptors (Lipinski definition) is 3. The molecule has 0 spiro atoms. The van der Waals surface area contributed by atoms with Crippen LogP contribution in [0.5, 0.6) is 5.75 Å². The van der Waals surface area contributed by atoms with Crippen molar-refractivity contribution in [2.24, 2.45) is 0 Å². The molecule has 0 radical (unpaired) electrons. The fourth-order valence-electron chi connectivity index (χ4n) is 1.91. The van der Waals surface area contributed by atoms with Gasteiger partial charge < -0.3 is 15.0 Å². The number of nitrogens with one attached hydrogen (secondary N) is 1. The molecule has 82 valence electrons. The fourth-order valence-corrected chi connectivity index (χ4v) is 1.91. The van der Waals surface area contributed by atoms with Gasteiger partial charge in [-0.15, -0.1) is 0 Å². The number of methoxy groups -OCH3 is 1. The molecule has 0 atom stereocenters. The Labute approximate surface area is 91.0 Å². The molecule has 2 rings (SSSR count). The van der Waals surface area contributed by atoms with Gasteiger partial charge in [-0.05, 0) is 25.1 Å². The third-order valence-corrected chi connectivity index (χ3v) is 2.76. The molecule has 3 nitrogen and oxygen atoms in total. The Morgan fingerprint density at radius 1 is 1.27 bits per heavy atom. The predicted octanol–water partition coefficient (Wildman–Crippen LogP) is 1.49. The summed E-state index contributed by atoms with van der Waals surface area (Å²) in [5, 5.41) is 3.40. The summed E-state index contributed by atoms with van der Waals surface area (Å²) in [5.74, 6) is 0.935. The second kappa shape index (κ2) is 5.03. The molecular formula is C12H18N2O. The van der Waals surface area contributed by atoms with E-state index in [0.717, 1.165) is 31.9 Å². The summed E-state index contributed by atoms with van der Waals surface area (Å²) in [7, 11) is 1.71. The Hall–Kier alpha value is -1.22. The summed E-state index contributed by atoms with van der Waals surface area (Å²) < 4.78 is 5.23. The molecule has 1 aliphatic heterocycles. The van der Waals surface area contributed by atoms with Crippen molar-refractivity contribution in [1.29, 1.82) is 0 Å². The van der Waals surface area contributed by atoms with Crippen molar-refractivity contribution in [2.45, 2.75) is 6.42 Å². The molecule has 0 bridgehead atoms. The largest absolute Gasteiger partial charge is 0.497 e. The Balaban J connectivity index is 2.12. The average Bonchev–Trinajstić information content (AvgIpc) is 2.58. The van der Waals surface area contributed by atoms with Crippen LogP contribution >= 0.6 is 0 Å². The standard InChI is InChI=1S/C12H18N2O/c1-15-12-5-2-4-11(10-12)14-8-3-6-13-7-9-14/h2,4-5,10,13H,3,6-9H2,1H3. The van der Waals surface area contributed by atoms with E-state index >= 15 is 0 Å². The SMILES string of the molecule is COc1cccc(N2CCCNCC2)c1. The summed E-state index contributed by atoms with van der Waals surface area (Å²) >= 11 is 0. The van der Waals surface area contributed by atoms with Gasteiger partial charge in [0.25, 0.3) is 0 Å². The monoisotopic (exact) mass is 206 g/mol. The van der Waals surface area contributed by atoms with Crippen LogP contribution in [0.3, 0.4) is 0 Å². The van der Waals surface area contributed by atoms with Gasteiger partial charge in [-0.2, -0.15) is 0 Å². The Bertz CT molecular complexity index is 306. The molecule has 1 N–H and O–H groups in total. The zero-order valence-electron chi connectivity index (χ0n) is 9.20. The summed E-state index contributed by atoms with van der Waals surface area (Å²) in [6, 6.07) is 8.28. The van der Waals surface area contributed by atoms with Crippen LogP contribution in [0, 0.1) is 0 Å². The van der Waals surface area contributed by atoms with Gasteiger partial charge in [0.2, 0.25) is 0 Å². The number of ether oxygens (including phenoxy) is 1. The highest BCUT2D eigenvalue weighted by molar-refractivity contribution is 5.50. The van der Waals surface area contributed by atoms with Crippen LogP contribution in [0.4, 0.5) is 5.69 Å². The lowest BCUT2D eigenvalue weighted by atomic mass is 10.2. The quantitative estimate of drug-likeness (QED) is 0.793. The van der Waals surface area contributed by atoms with Crippen LogP contribution in [-0.4, -0.2) is 33.3 Å². The summed E-state index contributed by atoms with van der Waals surface area (Å²) in [6.07, 6.45) is 1.21. The van der Waals surface area contributed by atoms with Crippen LogP contribution in [-0.2, 0) is 0 Å². The lowest BCUT2D eigenvalue weighted by Gasteiger charge is -2.22. The zero-order chi connectivity index (χ0) is 10.5. The molecule has 0 amide bonds. The average molecular weight is 206 g/mol. The summed E-state index contributed by atoms with van der Waals surface area (Å²) in [4.78, 5) is 2.41.